The topological polar surface area (TPSA) is 95.6 Å². The summed E-state index contributed by atoms with van der Waals surface area (Å²) in [5.41, 5.74) is 2.57. The van der Waals surface area contributed by atoms with Gasteiger partial charge in [0.05, 0.1) is 0 Å². The van der Waals surface area contributed by atoms with Gasteiger partial charge < -0.3 is 10.6 Å². The van der Waals surface area contributed by atoms with Crippen molar-refractivity contribution in [3.63, 3.8) is 0 Å². The van der Waals surface area contributed by atoms with Gasteiger partial charge in [0.2, 0.25) is 0 Å². The third kappa shape index (κ3) is 5.47. The first-order chi connectivity index (χ1) is 14.3. The van der Waals surface area contributed by atoms with E-state index in [0.29, 0.717) is 22.9 Å². The van der Waals surface area contributed by atoms with Crippen LogP contribution in [-0.4, -0.2) is 43.7 Å². The van der Waals surface area contributed by atoms with Crippen LogP contribution in [0.3, 0.4) is 0 Å². The second-order valence-electron chi connectivity index (χ2n) is 7.57. The van der Waals surface area contributed by atoms with E-state index in [9.17, 15) is 18.0 Å². The van der Waals surface area contributed by atoms with Gasteiger partial charge in [0.1, 0.15) is 4.21 Å². The number of thiophene rings is 1. The molecule has 30 heavy (non-hydrogen) atoms. The Hall–Kier alpha value is -2.23. The molecule has 2 heterocycles. The van der Waals surface area contributed by atoms with E-state index in [1.54, 1.807) is 34.0 Å². The first-order valence-corrected chi connectivity index (χ1v) is 12.3. The minimum Gasteiger partial charge on any atom is -0.348 e. The number of nitrogens with one attached hydrogen (secondary N) is 2. The van der Waals surface area contributed by atoms with Crippen LogP contribution in [0.1, 0.15) is 36.8 Å². The summed E-state index contributed by atoms with van der Waals surface area (Å²) in [5.74, 6) is -1.45. The first kappa shape index (κ1) is 22.5. The fraction of sp³-hybridized carbons (Fsp3) is 0.429. The van der Waals surface area contributed by atoms with Crippen LogP contribution in [0.5, 0.6) is 0 Å². The number of carbonyl (C=O) groups is 2. The lowest BCUT2D eigenvalue weighted by Crippen LogP contribution is -2.45. The third-order valence-electron chi connectivity index (χ3n) is 5.08. The second kappa shape index (κ2) is 9.72. The molecule has 1 saturated heterocycles. The fourth-order valence-corrected chi connectivity index (χ4v) is 6.62. The number of amides is 2. The van der Waals surface area contributed by atoms with Crippen molar-refractivity contribution in [2.45, 2.75) is 49.8 Å². The summed E-state index contributed by atoms with van der Waals surface area (Å²) in [4.78, 5) is 24.3. The van der Waals surface area contributed by atoms with Crippen LogP contribution in [0.15, 0.2) is 39.9 Å². The zero-order valence-corrected chi connectivity index (χ0v) is 18.8. The number of hydrogen-bond acceptors (Lipinski definition) is 5. The Morgan fingerprint density at radius 3 is 2.53 bits per heavy atom. The average molecular weight is 450 g/mol. The minimum absolute atomic E-state index is 0.186. The molecule has 9 heteroatoms. The van der Waals surface area contributed by atoms with Crippen LogP contribution in [-0.2, 0) is 19.6 Å². The fourth-order valence-electron chi connectivity index (χ4n) is 3.77. The summed E-state index contributed by atoms with van der Waals surface area (Å²) in [7, 11) is -3.52. The Morgan fingerprint density at radius 1 is 1.13 bits per heavy atom. The standard InChI is InChI=1S/C21H27N3O4S2/c1-15-12-16(2)14-17(13-15)23-21(26)20(25)22-9-8-18-6-3-4-10-24(18)30(27,28)19-7-5-11-29-19/h5,7,11-14,18H,3-4,6,8-10H2,1-2H3,(H,22,25)(H,23,26)/t18-/m1/s1. The molecule has 1 fully saturated rings. The molecule has 0 aliphatic carbocycles. The lowest BCUT2D eigenvalue weighted by atomic mass is 10.0. The van der Waals surface area contributed by atoms with Crippen LogP contribution in [0.25, 0.3) is 0 Å². The summed E-state index contributed by atoms with van der Waals surface area (Å²) in [5, 5.41) is 6.97. The van der Waals surface area contributed by atoms with E-state index in [-0.39, 0.29) is 12.6 Å². The molecule has 2 amide bonds. The number of sulfonamides is 1. The van der Waals surface area contributed by atoms with Gasteiger partial charge in [0.15, 0.2) is 0 Å². The zero-order valence-electron chi connectivity index (χ0n) is 17.2. The molecular weight excluding hydrogens is 422 g/mol. The normalized spacial score (nSPS) is 17.5. The van der Waals surface area contributed by atoms with E-state index in [2.05, 4.69) is 10.6 Å². The molecular formula is C21H27N3O4S2. The summed E-state index contributed by atoms with van der Waals surface area (Å²) in [6.45, 7) is 4.55. The van der Waals surface area contributed by atoms with Crippen LogP contribution in [0, 0.1) is 13.8 Å². The van der Waals surface area contributed by atoms with Gasteiger partial charge in [0, 0.05) is 24.8 Å². The highest BCUT2D eigenvalue weighted by Gasteiger charge is 2.33. The molecule has 1 aromatic carbocycles. The van der Waals surface area contributed by atoms with Crippen LogP contribution < -0.4 is 10.6 Å². The summed E-state index contributed by atoms with van der Waals surface area (Å²) in [6.07, 6.45) is 2.98. The van der Waals surface area contributed by atoms with Crippen molar-refractivity contribution >= 4 is 38.9 Å². The van der Waals surface area contributed by atoms with Gasteiger partial charge in [-0.15, -0.1) is 11.3 Å². The predicted molar refractivity (Wildman–Crippen MR) is 118 cm³/mol. The van der Waals surface area contributed by atoms with Crippen LogP contribution in [0.4, 0.5) is 5.69 Å². The van der Waals surface area contributed by atoms with E-state index < -0.39 is 21.8 Å². The Morgan fingerprint density at radius 2 is 1.87 bits per heavy atom. The van der Waals surface area contributed by atoms with E-state index in [1.807, 2.05) is 19.9 Å². The van der Waals surface area contributed by atoms with Gasteiger partial charge in [-0.05, 0) is 67.8 Å². The first-order valence-electron chi connectivity index (χ1n) is 10.00. The highest BCUT2D eigenvalue weighted by atomic mass is 32.2. The molecule has 1 aromatic heterocycles. The smallest absolute Gasteiger partial charge is 0.313 e. The number of benzene rings is 1. The van der Waals surface area contributed by atoms with E-state index in [4.69, 9.17) is 0 Å². The quantitative estimate of drug-likeness (QED) is 0.663. The van der Waals surface area contributed by atoms with Crippen LogP contribution in [0.2, 0.25) is 0 Å². The molecule has 0 unspecified atom stereocenters. The van der Waals surface area contributed by atoms with Crippen LogP contribution >= 0.6 is 11.3 Å². The third-order valence-corrected chi connectivity index (χ3v) is 8.40. The Kier molecular flexibility index (Phi) is 7.27. The molecule has 2 N–H and O–H groups in total. The van der Waals surface area contributed by atoms with Crippen molar-refractivity contribution in [3.05, 3.63) is 46.8 Å². The Balaban J connectivity index is 1.55. The average Bonchev–Trinajstić information content (AvgIpc) is 3.23. The van der Waals surface area contributed by atoms with Gasteiger partial charge in [-0.2, -0.15) is 4.31 Å². The Labute approximate surface area is 181 Å². The van der Waals surface area contributed by atoms with E-state index in [1.165, 1.54) is 11.3 Å². The SMILES string of the molecule is Cc1cc(C)cc(NC(=O)C(=O)NCC[C@H]2CCCCN2S(=O)(=O)c2cccs2)c1. The van der Waals surface area contributed by atoms with E-state index in [0.717, 1.165) is 30.4 Å². The number of rotatable bonds is 6. The number of hydrogen-bond donors (Lipinski definition) is 2. The molecule has 7 nitrogen and oxygen atoms in total. The molecule has 0 spiro atoms. The van der Waals surface area contributed by atoms with Gasteiger partial charge in [0.25, 0.3) is 10.0 Å². The number of anilines is 1. The monoisotopic (exact) mass is 449 g/mol. The summed E-state index contributed by atoms with van der Waals surface area (Å²) >= 11 is 1.21. The molecule has 0 radical (unpaired) electrons. The lowest BCUT2D eigenvalue weighted by molar-refractivity contribution is -0.136. The van der Waals surface area contributed by atoms with Crippen molar-refractivity contribution in [3.8, 4) is 0 Å². The molecule has 2 aromatic rings. The minimum atomic E-state index is -3.52. The molecule has 0 saturated carbocycles. The van der Waals surface area contributed by atoms with Gasteiger partial charge in [-0.3, -0.25) is 9.59 Å². The second-order valence-corrected chi connectivity index (χ2v) is 10.6. The number of piperidine rings is 1. The molecule has 162 valence electrons. The zero-order chi connectivity index (χ0) is 21.7. The Bertz CT molecular complexity index is 983. The molecule has 3 rings (SSSR count). The van der Waals surface area contributed by atoms with Crippen molar-refractivity contribution in [1.82, 2.24) is 9.62 Å². The largest absolute Gasteiger partial charge is 0.348 e. The maximum Gasteiger partial charge on any atom is 0.313 e. The summed E-state index contributed by atoms with van der Waals surface area (Å²) < 4.78 is 27.7. The molecule has 1 aliphatic rings. The van der Waals surface area contributed by atoms with Crippen molar-refractivity contribution < 1.29 is 18.0 Å². The highest BCUT2D eigenvalue weighted by Crippen LogP contribution is 2.29. The maximum atomic E-state index is 12.9. The molecule has 1 atom stereocenters. The predicted octanol–water partition coefficient (Wildman–Crippen LogP) is 3.05. The van der Waals surface area contributed by atoms with Gasteiger partial charge >= 0.3 is 11.8 Å². The van der Waals surface area contributed by atoms with Crippen molar-refractivity contribution in [2.75, 3.05) is 18.4 Å². The number of carbonyl (C=O) groups excluding carboxylic acids is 2. The van der Waals surface area contributed by atoms with E-state index >= 15 is 0 Å². The highest BCUT2D eigenvalue weighted by molar-refractivity contribution is 7.91. The van der Waals surface area contributed by atoms with Crippen molar-refractivity contribution in [2.24, 2.45) is 0 Å². The number of nitrogens with zero attached hydrogens (tertiary/aromatic N) is 1. The summed E-state index contributed by atoms with van der Waals surface area (Å²) in [6, 6.07) is 8.74. The van der Waals surface area contributed by atoms with Crippen molar-refractivity contribution in [1.29, 1.82) is 0 Å². The lowest BCUT2D eigenvalue weighted by Gasteiger charge is -2.34. The van der Waals surface area contributed by atoms with Gasteiger partial charge in [-0.25, -0.2) is 8.42 Å². The number of aryl methyl sites for hydroxylation is 2. The molecule has 1 aliphatic heterocycles. The molecule has 0 bridgehead atoms. The maximum absolute atomic E-state index is 12.9. The van der Waals surface area contributed by atoms with Gasteiger partial charge in [-0.1, -0.05) is 18.6 Å².